The fraction of sp³-hybridized carbons (Fsp3) is 0.308. The van der Waals surface area contributed by atoms with Crippen LogP contribution in [0.3, 0.4) is 0 Å². The molecule has 0 fully saturated rings. The summed E-state index contributed by atoms with van der Waals surface area (Å²) in [7, 11) is 0. The van der Waals surface area contributed by atoms with Gasteiger partial charge in [-0.05, 0) is 18.2 Å². The van der Waals surface area contributed by atoms with Crippen molar-refractivity contribution < 1.29 is 32.3 Å². The Labute approximate surface area is 132 Å². The Hall–Kier alpha value is -2.29. The first kappa shape index (κ1) is 17.1. The highest BCUT2D eigenvalue weighted by Crippen LogP contribution is 2.48. The Kier molecular flexibility index (Phi) is 4.25. The normalized spacial score (nSPS) is 20.1. The second kappa shape index (κ2) is 5.73. The van der Waals surface area contributed by atoms with E-state index in [0.717, 1.165) is 12.1 Å². The van der Waals surface area contributed by atoms with Crippen LogP contribution in [-0.2, 0) is 19.9 Å². The number of amides is 3. The minimum absolute atomic E-state index is 0.105. The molecule has 124 valence electrons. The molecule has 0 spiro atoms. The molecule has 1 aliphatic heterocycles. The molecule has 0 aliphatic carbocycles. The lowest BCUT2D eigenvalue weighted by Crippen LogP contribution is -2.60. The average molecular weight is 351 g/mol. The van der Waals surface area contributed by atoms with Crippen LogP contribution in [0.1, 0.15) is 18.9 Å². The maximum atomic E-state index is 13.7. The largest absolute Gasteiger partial charge is 0.442 e. The minimum atomic E-state index is -5.32. The van der Waals surface area contributed by atoms with E-state index in [1.807, 2.05) is 0 Å². The second-order valence-corrected chi connectivity index (χ2v) is 5.05. The standard InChI is InChI=1S/C13H10ClF3N2O4/c1-2-9(20)19-10(21)12(13(15,16)17)7-5-6(14)3-4-8(7)18-11(22)23-12/h3-5H,2H2,1H3,(H,18,22)(H,19,20,21)/t12-/m1/s1. The third kappa shape index (κ3) is 2.83. The van der Waals surface area contributed by atoms with Crippen LogP contribution in [-0.4, -0.2) is 24.1 Å². The summed E-state index contributed by atoms with van der Waals surface area (Å²) in [5.74, 6) is -2.76. The first-order valence-electron chi connectivity index (χ1n) is 6.33. The molecule has 1 aliphatic rings. The zero-order valence-corrected chi connectivity index (χ0v) is 12.3. The van der Waals surface area contributed by atoms with Crippen molar-refractivity contribution in [3.05, 3.63) is 28.8 Å². The Morgan fingerprint density at radius 1 is 1.39 bits per heavy atom. The molecule has 6 nitrogen and oxygen atoms in total. The molecular formula is C13H10ClF3N2O4. The number of fused-ring (bicyclic) bond motifs is 1. The van der Waals surface area contributed by atoms with Crippen LogP contribution in [0, 0.1) is 0 Å². The number of hydrogen-bond donors (Lipinski definition) is 2. The van der Waals surface area contributed by atoms with Crippen molar-refractivity contribution in [2.45, 2.75) is 25.1 Å². The van der Waals surface area contributed by atoms with Crippen LogP contribution in [0.15, 0.2) is 18.2 Å². The van der Waals surface area contributed by atoms with Gasteiger partial charge in [0.25, 0.3) is 5.91 Å². The molecule has 0 unspecified atom stereocenters. The number of ether oxygens (including phenoxy) is 1. The number of halogens is 4. The van der Waals surface area contributed by atoms with Gasteiger partial charge >= 0.3 is 17.9 Å². The van der Waals surface area contributed by atoms with Gasteiger partial charge < -0.3 is 4.74 Å². The lowest BCUT2D eigenvalue weighted by atomic mass is 9.89. The van der Waals surface area contributed by atoms with Crippen molar-refractivity contribution >= 4 is 35.2 Å². The second-order valence-electron chi connectivity index (χ2n) is 4.61. The smallest absolute Gasteiger partial charge is 0.417 e. The Bertz CT molecular complexity index is 692. The molecular weight excluding hydrogens is 341 g/mol. The van der Waals surface area contributed by atoms with E-state index >= 15 is 0 Å². The third-order valence-corrected chi connectivity index (χ3v) is 3.37. The molecule has 3 amide bonds. The maximum Gasteiger partial charge on any atom is 0.442 e. The van der Waals surface area contributed by atoms with E-state index in [0.29, 0.717) is 0 Å². The van der Waals surface area contributed by atoms with Crippen molar-refractivity contribution in [2.75, 3.05) is 5.32 Å². The zero-order valence-electron chi connectivity index (χ0n) is 11.6. The number of nitrogens with one attached hydrogen (secondary N) is 2. The van der Waals surface area contributed by atoms with Crippen LogP contribution < -0.4 is 10.6 Å². The maximum absolute atomic E-state index is 13.7. The Morgan fingerprint density at radius 3 is 2.61 bits per heavy atom. The van der Waals surface area contributed by atoms with Gasteiger partial charge in [-0.15, -0.1) is 0 Å². The van der Waals surface area contributed by atoms with Gasteiger partial charge in [0.05, 0.1) is 5.69 Å². The van der Waals surface area contributed by atoms with E-state index in [9.17, 15) is 27.6 Å². The number of anilines is 1. The number of benzene rings is 1. The predicted octanol–water partition coefficient (Wildman–Crippen LogP) is 2.71. The van der Waals surface area contributed by atoms with E-state index in [-0.39, 0.29) is 17.1 Å². The lowest BCUT2D eigenvalue weighted by molar-refractivity contribution is -0.255. The van der Waals surface area contributed by atoms with Crippen LogP contribution >= 0.6 is 11.6 Å². The number of rotatable bonds is 2. The quantitative estimate of drug-likeness (QED) is 0.859. The number of alkyl halides is 3. The summed E-state index contributed by atoms with van der Waals surface area (Å²) in [5.41, 5.74) is -4.67. The minimum Gasteiger partial charge on any atom is -0.417 e. The van der Waals surface area contributed by atoms with Crippen LogP contribution in [0.25, 0.3) is 0 Å². The number of hydrogen-bond acceptors (Lipinski definition) is 4. The third-order valence-electron chi connectivity index (χ3n) is 3.14. The van der Waals surface area contributed by atoms with Gasteiger partial charge in [-0.3, -0.25) is 20.2 Å². The topological polar surface area (TPSA) is 84.5 Å². The van der Waals surface area contributed by atoms with E-state index in [1.54, 1.807) is 5.32 Å². The van der Waals surface area contributed by atoms with E-state index in [2.05, 4.69) is 10.1 Å². The van der Waals surface area contributed by atoms with Crippen molar-refractivity contribution in [1.29, 1.82) is 0 Å². The highest BCUT2D eigenvalue weighted by Gasteiger charge is 2.68. The molecule has 0 radical (unpaired) electrons. The number of carbonyl (C=O) groups excluding carboxylic acids is 3. The van der Waals surface area contributed by atoms with E-state index < -0.39 is 35.2 Å². The Morgan fingerprint density at radius 2 is 2.04 bits per heavy atom. The molecule has 23 heavy (non-hydrogen) atoms. The molecule has 1 aromatic rings. The molecule has 0 saturated heterocycles. The van der Waals surface area contributed by atoms with Crippen molar-refractivity contribution in [3.63, 3.8) is 0 Å². The monoisotopic (exact) mass is 350 g/mol. The van der Waals surface area contributed by atoms with E-state index in [4.69, 9.17) is 11.6 Å². The van der Waals surface area contributed by atoms with Gasteiger partial charge in [0.15, 0.2) is 0 Å². The summed E-state index contributed by atoms with van der Waals surface area (Å²) in [5, 5.41) is 3.53. The first-order valence-corrected chi connectivity index (χ1v) is 6.70. The highest BCUT2D eigenvalue weighted by atomic mass is 35.5. The summed E-state index contributed by atoms with van der Waals surface area (Å²) < 4.78 is 45.3. The van der Waals surface area contributed by atoms with E-state index in [1.165, 1.54) is 13.0 Å². The predicted molar refractivity (Wildman–Crippen MR) is 72.7 cm³/mol. The zero-order chi connectivity index (χ0) is 17.4. The van der Waals surface area contributed by atoms with Gasteiger partial charge in [0, 0.05) is 17.0 Å². The van der Waals surface area contributed by atoms with Crippen molar-refractivity contribution in [3.8, 4) is 0 Å². The highest BCUT2D eigenvalue weighted by molar-refractivity contribution is 6.30. The molecule has 10 heteroatoms. The number of carbonyl (C=O) groups is 3. The molecule has 1 aromatic carbocycles. The summed E-state index contributed by atoms with van der Waals surface area (Å²) in [6.07, 6.45) is -7.02. The van der Waals surface area contributed by atoms with Crippen molar-refractivity contribution in [2.24, 2.45) is 0 Å². The molecule has 1 atom stereocenters. The Balaban J connectivity index is 2.68. The van der Waals surface area contributed by atoms with Gasteiger partial charge in [-0.2, -0.15) is 13.2 Å². The molecule has 0 bridgehead atoms. The van der Waals surface area contributed by atoms with Crippen LogP contribution in [0.5, 0.6) is 0 Å². The van der Waals surface area contributed by atoms with Gasteiger partial charge in [0.1, 0.15) is 0 Å². The molecule has 0 saturated carbocycles. The number of imide groups is 1. The fourth-order valence-electron chi connectivity index (χ4n) is 2.06. The van der Waals surface area contributed by atoms with Gasteiger partial charge in [-0.25, -0.2) is 4.79 Å². The summed E-state index contributed by atoms with van der Waals surface area (Å²) in [4.78, 5) is 35.0. The average Bonchev–Trinajstić information content (AvgIpc) is 2.45. The lowest BCUT2D eigenvalue weighted by Gasteiger charge is -2.37. The molecule has 2 rings (SSSR count). The van der Waals surface area contributed by atoms with Gasteiger partial charge in [0.2, 0.25) is 5.91 Å². The molecule has 2 N–H and O–H groups in total. The fourth-order valence-corrected chi connectivity index (χ4v) is 2.23. The summed E-state index contributed by atoms with van der Waals surface area (Å²) in [6.45, 7) is 1.35. The summed E-state index contributed by atoms with van der Waals surface area (Å²) >= 11 is 5.69. The SMILES string of the molecule is CCC(=O)NC(=O)[C@]1(C(F)(F)F)OC(=O)Nc2ccc(Cl)cc21. The number of cyclic esters (lactones) is 1. The van der Waals surface area contributed by atoms with Gasteiger partial charge in [-0.1, -0.05) is 18.5 Å². The van der Waals surface area contributed by atoms with Crippen molar-refractivity contribution in [1.82, 2.24) is 5.32 Å². The van der Waals surface area contributed by atoms with Crippen LogP contribution in [0.4, 0.5) is 23.7 Å². The summed E-state index contributed by atoms with van der Waals surface area (Å²) in [6, 6.07) is 3.19. The van der Waals surface area contributed by atoms with Crippen LogP contribution in [0.2, 0.25) is 5.02 Å². The first-order chi connectivity index (χ1) is 10.6. The molecule has 1 heterocycles. The molecule has 0 aromatic heterocycles.